The fraction of sp³-hybridized carbons (Fsp3) is 0.0769. The Bertz CT molecular complexity index is 553. The van der Waals surface area contributed by atoms with E-state index in [-0.39, 0.29) is 0 Å². The second-order valence-electron chi connectivity index (χ2n) is 3.47. The normalized spacial score (nSPS) is 10.2. The molecule has 0 N–H and O–H groups in total. The lowest BCUT2D eigenvalue weighted by atomic mass is 10.3. The summed E-state index contributed by atoms with van der Waals surface area (Å²) in [4.78, 5) is 0. The maximum atomic E-state index is 5.81. The monoisotopic (exact) mass is 434 g/mol. The molecule has 0 amide bonds. The summed E-state index contributed by atoms with van der Waals surface area (Å²) in [6.45, 7) is 0. The van der Waals surface area contributed by atoms with Crippen molar-refractivity contribution in [2.75, 3.05) is 7.11 Å². The van der Waals surface area contributed by atoms with Gasteiger partial charge in [0.2, 0.25) is 0 Å². The second-order valence-corrected chi connectivity index (χ2v) is 6.16. The molecule has 2 rings (SSSR count). The molecular formula is C13H9Br3O2. The average Bonchev–Trinajstić information content (AvgIpc) is 2.32. The minimum absolute atomic E-state index is 0.654. The van der Waals surface area contributed by atoms with E-state index in [0.29, 0.717) is 11.5 Å². The minimum atomic E-state index is 0.654. The summed E-state index contributed by atoms with van der Waals surface area (Å²) in [7, 11) is 1.61. The molecule has 0 aliphatic heterocycles. The number of ether oxygens (including phenoxy) is 2. The van der Waals surface area contributed by atoms with Crippen molar-refractivity contribution in [1.82, 2.24) is 0 Å². The Kier molecular flexibility index (Phi) is 4.70. The largest absolute Gasteiger partial charge is 0.492 e. The third kappa shape index (κ3) is 3.28. The van der Waals surface area contributed by atoms with Gasteiger partial charge in [-0.2, -0.15) is 0 Å². The highest BCUT2D eigenvalue weighted by Crippen LogP contribution is 2.40. The van der Waals surface area contributed by atoms with Gasteiger partial charge in [-0.3, -0.25) is 0 Å². The summed E-state index contributed by atoms with van der Waals surface area (Å²) < 4.78 is 13.9. The van der Waals surface area contributed by atoms with Crippen LogP contribution in [0, 0.1) is 0 Å². The average molecular weight is 437 g/mol. The fourth-order valence-corrected chi connectivity index (χ4v) is 3.05. The molecular weight excluding hydrogens is 428 g/mol. The maximum absolute atomic E-state index is 5.81. The summed E-state index contributed by atoms with van der Waals surface area (Å²) >= 11 is 10.3. The van der Waals surface area contributed by atoms with Crippen molar-refractivity contribution in [3.8, 4) is 17.2 Å². The Morgan fingerprint density at radius 2 is 1.56 bits per heavy atom. The Morgan fingerprint density at radius 1 is 0.889 bits per heavy atom. The predicted octanol–water partition coefficient (Wildman–Crippen LogP) is 5.78. The molecule has 0 fully saturated rings. The predicted molar refractivity (Wildman–Crippen MR) is 82.6 cm³/mol. The van der Waals surface area contributed by atoms with Crippen molar-refractivity contribution < 1.29 is 9.47 Å². The Hall–Kier alpha value is -0.520. The number of methoxy groups -OCH3 is 1. The first-order valence-electron chi connectivity index (χ1n) is 5.06. The Balaban J connectivity index is 2.36. The molecule has 5 heteroatoms. The van der Waals surface area contributed by atoms with Crippen LogP contribution in [-0.2, 0) is 0 Å². The van der Waals surface area contributed by atoms with E-state index in [2.05, 4.69) is 47.8 Å². The van der Waals surface area contributed by atoms with Crippen molar-refractivity contribution in [2.24, 2.45) is 0 Å². The zero-order valence-corrected chi connectivity index (χ0v) is 14.2. The highest BCUT2D eigenvalue weighted by molar-refractivity contribution is 9.11. The van der Waals surface area contributed by atoms with Gasteiger partial charge >= 0.3 is 0 Å². The summed E-state index contributed by atoms with van der Waals surface area (Å²) in [5.41, 5.74) is 0. The molecule has 0 saturated carbocycles. The minimum Gasteiger partial charge on any atom is -0.492 e. The van der Waals surface area contributed by atoms with Gasteiger partial charge in [-0.15, -0.1) is 0 Å². The van der Waals surface area contributed by atoms with E-state index in [1.54, 1.807) is 7.11 Å². The molecule has 0 spiro atoms. The number of halogens is 3. The molecule has 94 valence electrons. The van der Waals surface area contributed by atoms with E-state index in [1.165, 1.54) is 0 Å². The summed E-state index contributed by atoms with van der Waals surface area (Å²) in [6.07, 6.45) is 0. The molecule has 0 heterocycles. The van der Waals surface area contributed by atoms with E-state index in [9.17, 15) is 0 Å². The zero-order valence-electron chi connectivity index (χ0n) is 9.41. The second kappa shape index (κ2) is 6.08. The fourth-order valence-electron chi connectivity index (χ4n) is 1.44. The molecule has 0 bridgehead atoms. The third-order valence-electron chi connectivity index (χ3n) is 2.22. The number of benzene rings is 2. The summed E-state index contributed by atoms with van der Waals surface area (Å²) in [5, 5.41) is 0. The van der Waals surface area contributed by atoms with Crippen LogP contribution in [0.15, 0.2) is 49.8 Å². The first-order chi connectivity index (χ1) is 8.60. The van der Waals surface area contributed by atoms with Gasteiger partial charge in [0.25, 0.3) is 0 Å². The van der Waals surface area contributed by atoms with Crippen LogP contribution < -0.4 is 9.47 Å². The third-order valence-corrected chi connectivity index (χ3v) is 3.80. The molecule has 2 nitrogen and oxygen atoms in total. The molecule has 0 radical (unpaired) electrons. The van der Waals surface area contributed by atoms with Crippen LogP contribution >= 0.6 is 47.8 Å². The molecule has 18 heavy (non-hydrogen) atoms. The van der Waals surface area contributed by atoms with E-state index in [1.807, 2.05) is 36.4 Å². The standard InChI is InChI=1S/C13H9Br3O2/c1-17-13-11(16)6-9(15)7-12(13)18-10-4-2-8(14)3-5-10/h2-7H,1H3. The van der Waals surface area contributed by atoms with E-state index in [4.69, 9.17) is 9.47 Å². The molecule has 0 aromatic heterocycles. The molecule has 0 aliphatic rings. The quantitative estimate of drug-likeness (QED) is 0.607. The lowest BCUT2D eigenvalue weighted by Gasteiger charge is -2.12. The molecule has 0 aliphatic carbocycles. The van der Waals surface area contributed by atoms with Crippen molar-refractivity contribution in [3.63, 3.8) is 0 Å². The van der Waals surface area contributed by atoms with E-state index < -0.39 is 0 Å². The smallest absolute Gasteiger partial charge is 0.175 e. The highest BCUT2D eigenvalue weighted by atomic mass is 79.9. The summed E-state index contributed by atoms with van der Waals surface area (Å²) in [6, 6.07) is 11.4. The van der Waals surface area contributed by atoms with Crippen LogP contribution in [0.2, 0.25) is 0 Å². The topological polar surface area (TPSA) is 18.5 Å². The molecule has 0 saturated heterocycles. The van der Waals surface area contributed by atoms with Gasteiger partial charge in [0.15, 0.2) is 11.5 Å². The first kappa shape index (κ1) is 13.9. The molecule has 2 aromatic rings. The van der Waals surface area contributed by atoms with Crippen molar-refractivity contribution in [1.29, 1.82) is 0 Å². The van der Waals surface area contributed by atoms with Crippen LogP contribution in [0.4, 0.5) is 0 Å². The van der Waals surface area contributed by atoms with Gasteiger partial charge in [-0.25, -0.2) is 0 Å². The van der Waals surface area contributed by atoms with Gasteiger partial charge in [0.1, 0.15) is 5.75 Å². The lowest BCUT2D eigenvalue weighted by Crippen LogP contribution is -1.91. The van der Waals surface area contributed by atoms with E-state index in [0.717, 1.165) is 19.2 Å². The maximum Gasteiger partial charge on any atom is 0.175 e. The number of rotatable bonds is 3. The lowest BCUT2D eigenvalue weighted by molar-refractivity contribution is 0.376. The van der Waals surface area contributed by atoms with E-state index >= 15 is 0 Å². The van der Waals surface area contributed by atoms with Crippen LogP contribution in [-0.4, -0.2) is 7.11 Å². The van der Waals surface area contributed by atoms with Gasteiger partial charge in [-0.1, -0.05) is 31.9 Å². The molecule has 2 aromatic carbocycles. The molecule has 0 atom stereocenters. The van der Waals surface area contributed by atoms with Crippen LogP contribution in [0.25, 0.3) is 0 Å². The van der Waals surface area contributed by atoms with Gasteiger partial charge in [-0.05, 0) is 52.3 Å². The Labute approximate surface area is 131 Å². The van der Waals surface area contributed by atoms with Gasteiger partial charge in [0.05, 0.1) is 11.6 Å². The van der Waals surface area contributed by atoms with Crippen LogP contribution in [0.1, 0.15) is 0 Å². The van der Waals surface area contributed by atoms with Crippen molar-refractivity contribution in [3.05, 3.63) is 49.8 Å². The van der Waals surface area contributed by atoms with Crippen LogP contribution in [0.3, 0.4) is 0 Å². The highest BCUT2D eigenvalue weighted by Gasteiger charge is 2.11. The molecule has 0 unspecified atom stereocenters. The summed E-state index contributed by atoms with van der Waals surface area (Å²) in [5.74, 6) is 2.07. The SMILES string of the molecule is COc1c(Br)cc(Br)cc1Oc1ccc(Br)cc1. The van der Waals surface area contributed by atoms with Gasteiger partial charge < -0.3 is 9.47 Å². The first-order valence-corrected chi connectivity index (χ1v) is 7.44. The number of hydrogen-bond donors (Lipinski definition) is 0. The van der Waals surface area contributed by atoms with Gasteiger partial charge in [0, 0.05) is 8.95 Å². The zero-order chi connectivity index (χ0) is 13.1. The van der Waals surface area contributed by atoms with Crippen molar-refractivity contribution >= 4 is 47.8 Å². The van der Waals surface area contributed by atoms with Crippen LogP contribution in [0.5, 0.6) is 17.2 Å². The van der Waals surface area contributed by atoms with Crippen molar-refractivity contribution in [2.45, 2.75) is 0 Å². The Morgan fingerprint density at radius 3 is 2.17 bits per heavy atom. The number of hydrogen-bond acceptors (Lipinski definition) is 2.